The highest BCUT2D eigenvalue weighted by Gasteiger charge is 2.58. The molecule has 0 atom stereocenters. The average molecular weight is 370 g/mol. The molecular weight excluding hydrogens is 349 g/mol. The minimum absolute atomic E-state index is 0.0612. The molecule has 0 aromatic heterocycles. The van der Waals surface area contributed by atoms with Gasteiger partial charge >= 0.3 is 0 Å². The molecule has 1 aromatic rings. The first kappa shape index (κ1) is 17.5. The van der Waals surface area contributed by atoms with Gasteiger partial charge in [-0.2, -0.15) is 0 Å². The topological polar surface area (TPSA) is 52.7 Å². The molecule has 1 aliphatic heterocycles. The van der Waals surface area contributed by atoms with Crippen LogP contribution in [-0.4, -0.2) is 54.3 Å². The lowest BCUT2D eigenvalue weighted by Crippen LogP contribution is -2.52. The first-order valence-electron chi connectivity index (χ1n) is 8.25. The number of likely N-dealkylation sites (N-methyl/N-ethyl adjacent to an activating group) is 1. The zero-order valence-corrected chi connectivity index (χ0v) is 15.2. The van der Waals surface area contributed by atoms with Crippen LogP contribution in [0.2, 0.25) is 10.0 Å². The van der Waals surface area contributed by atoms with E-state index in [0.29, 0.717) is 41.7 Å². The van der Waals surface area contributed by atoms with Gasteiger partial charge in [-0.05, 0) is 31.5 Å². The zero-order valence-electron chi connectivity index (χ0n) is 13.6. The lowest BCUT2D eigenvalue weighted by molar-refractivity contribution is -0.143. The Bertz CT molecular complexity index is 653. The molecule has 2 aliphatic rings. The second-order valence-electron chi connectivity index (χ2n) is 6.36. The number of anilines is 1. The summed E-state index contributed by atoms with van der Waals surface area (Å²) < 4.78 is 0. The van der Waals surface area contributed by atoms with E-state index < -0.39 is 5.41 Å². The standard InChI is InChI=1S/C17H21Cl2N3O2/c1-2-21-8-10-22(11-9-21)16(24)17(6-7-17)15(23)20-13-5-3-4-12(18)14(13)19/h3-5H,2,6-11H2,1H3,(H,20,23). The number of nitrogens with one attached hydrogen (secondary N) is 1. The minimum Gasteiger partial charge on any atom is -0.339 e. The third-order valence-corrected chi connectivity index (χ3v) is 5.72. The molecule has 1 aromatic carbocycles. The highest BCUT2D eigenvalue weighted by Crippen LogP contribution is 2.48. The van der Waals surface area contributed by atoms with Crippen molar-refractivity contribution in [2.75, 3.05) is 38.0 Å². The van der Waals surface area contributed by atoms with Gasteiger partial charge in [0, 0.05) is 26.2 Å². The maximum atomic E-state index is 12.8. The Morgan fingerprint density at radius 1 is 1.17 bits per heavy atom. The summed E-state index contributed by atoms with van der Waals surface area (Å²) in [6.07, 6.45) is 1.17. The van der Waals surface area contributed by atoms with Crippen molar-refractivity contribution in [1.29, 1.82) is 0 Å². The Morgan fingerprint density at radius 3 is 2.42 bits per heavy atom. The van der Waals surface area contributed by atoms with E-state index in [0.717, 1.165) is 19.6 Å². The number of rotatable bonds is 4. The first-order valence-corrected chi connectivity index (χ1v) is 9.01. The highest BCUT2D eigenvalue weighted by atomic mass is 35.5. The van der Waals surface area contributed by atoms with Crippen molar-refractivity contribution in [3.63, 3.8) is 0 Å². The molecule has 7 heteroatoms. The van der Waals surface area contributed by atoms with Crippen molar-refractivity contribution in [3.8, 4) is 0 Å². The number of piperazine rings is 1. The fraction of sp³-hybridized carbons (Fsp3) is 0.529. The molecule has 1 heterocycles. The third-order valence-electron chi connectivity index (χ3n) is 4.90. The number of amides is 2. The summed E-state index contributed by atoms with van der Waals surface area (Å²) in [5, 5.41) is 3.46. The van der Waals surface area contributed by atoms with Gasteiger partial charge in [0.2, 0.25) is 11.8 Å². The van der Waals surface area contributed by atoms with Gasteiger partial charge < -0.3 is 15.1 Å². The van der Waals surface area contributed by atoms with E-state index in [4.69, 9.17) is 23.2 Å². The molecule has 1 N–H and O–H groups in total. The van der Waals surface area contributed by atoms with Crippen LogP contribution in [0, 0.1) is 5.41 Å². The molecule has 0 bridgehead atoms. The molecular formula is C17H21Cl2N3O2. The number of carbonyl (C=O) groups excluding carboxylic acids is 2. The van der Waals surface area contributed by atoms with Crippen LogP contribution >= 0.6 is 23.2 Å². The van der Waals surface area contributed by atoms with E-state index in [2.05, 4.69) is 17.1 Å². The zero-order chi connectivity index (χ0) is 17.3. The molecule has 1 saturated carbocycles. The van der Waals surface area contributed by atoms with Crippen molar-refractivity contribution in [2.45, 2.75) is 19.8 Å². The predicted molar refractivity (Wildman–Crippen MR) is 95.5 cm³/mol. The summed E-state index contributed by atoms with van der Waals surface area (Å²) in [5.74, 6) is -0.344. The maximum Gasteiger partial charge on any atom is 0.240 e. The van der Waals surface area contributed by atoms with Crippen molar-refractivity contribution < 1.29 is 9.59 Å². The molecule has 0 unspecified atom stereocenters. The van der Waals surface area contributed by atoms with Gasteiger partial charge in [-0.25, -0.2) is 0 Å². The Labute approximate surface area is 151 Å². The van der Waals surface area contributed by atoms with Crippen LogP contribution in [0.25, 0.3) is 0 Å². The fourth-order valence-corrected chi connectivity index (χ4v) is 3.42. The first-order chi connectivity index (χ1) is 11.5. The van der Waals surface area contributed by atoms with Gasteiger partial charge in [0.1, 0.15) is 5.41 Å². The summed E-state index contributed by atoms with van der Waals surface area (Å²) in [6.45, 7) is 6.18. The summed E-state index contributed by atoms with van der Waals surface area (Å²) >= 11 is 12.1. The summed E-state index contributed by atoms with van der Waals surface area (Å²) in [7, 11) is 0. The monoisotopic (exact) mass is 369 g/mol. The fourth-order valence-electron chi connectivity index (χ4n) is 3.08. The Morgan fingerprint density at radius 2 is 1.83 bits per heavy atom. The minimum atomic E-state index is -0.931. The highest BCUT2D eigenvalue weighted by molar-refractivity contribution is 6.44. The van der Waals surface area contributed by atoms with Crippen molar-refractivity contribution >= 4 is 40.7 Å². The summed E-state index contributed by atoms with van der Waals surface area (Å²) in [5.41, 5.74) is -0.482. The number of nitrogens with zero attached hydrogens (tertiary/aromatic N) is 2. The molecule has 0 spiro atoms. The van der Waals surface area contributed by atoms with E-state index in [9.17, 15) is 9.59 Å². The molecule has 24 heavy (non-hydrogen) atoms. The van der Waals surface area contributed by atoms with Crippen LogP contribution < -0.4 is 5.32 Å². The van der Waals surface area contributed by atoms with E-state index in [1.54, 1.807) is 18.2 Å². The Hall–Kier alpha value is -1.30. The maximum absolute atomic E-state index is 12.8. The smallest absolute Gasteiger partial charge is 0.240 e. The molecule has 1 aliphatic carbocycles. The van der Waals surface area contributed by atoms with Gasteiger partial charge in [-0.15, -0.1) is 0 Å². The van der Waals surface area contributed by atoms with Crippen LogP contribution in [0.15, 0.2) is 18.2 Å². The van der Waals surface area contributed by atoms with Crippen molar-refractivity contribution in [2.24, 2.45) is 5.41 Å². The van der Waals surface area contributed by atoms with Crippen LogP contribution in [0.1, 0.15) is 19.8 Å². The van der Waals surface area contributed by atoms with Crippen LogP contribution in [0.3, 0.4) is 0 Å². The number of hydrogen-bond donors (Lipinski definition) is 1. The number of halogens is 2. The van der Waals surface area contributed by atoms with Crippen LogP contribution in [0.5, 0.6) is 0 Å². The number of hydrogen-bond acceptors (Lipinski definition) is 3. The average Bonchev–Trinajstić information content (AvgIpc) is 3.40. The SMILES string of the molecule is CCN1CCN(C(=O)C2(C(=O)Nc3cccc(Cl)c3Cl)CC2)CC1. The Kier molecular flexibility index (Phi) is 5.04. The molecule has 0 radical (unpaired) electrons. The molecule has 5 nitrogen and oxygen atoms in total. The largest absolute Gasteiger partial charge is 0.339 e. The molecule has 2 fully saturated rings. The molecule has 130 valence electrons. The second kappa shape index (κ2) is 6.90. The van der Waals surface area contributed by atoms with Gasteiger partial charge in [-0.3, -0.25) is 9.59 Å². The lowest BCUT2D eigenvalue weighted by Gasteiger charge is -2.35. The summed E-state index contributed by atoms with van der Waals surface area (Å²) in [4.78, 5) is 29.7. The van der Waals surface area contributed by atoms with Crippen molar-refractivity contribution in [1.82, 2.24) is 9.80 Å². The quantitative estimate of drug-likeness (QED) is 0.830. The van der Waals surface area contributed by atoms with E-state index in [1.807, 2.05) is 4.90 Å². The van der Waals surface area contributed by atoms with E-state index in [1.165, 1.54) is 0 Å². The van der Waals surface area contributed by atoms with E-state index in [-0.39, 0.29) is 11.8 Å². The molecule has 3 rings (SSSR count). The second-order valence-corrected chi connectivity index (χ2v) is 7.15. The summed E-state index contributed by atoms with van der Waals surface area (Å²) in [6, 6.07) is 5.06. The van der Waals surface area contributed by atoms with Gasteiger partial charge in [-0.1, -0.05) is 36.2 Å². The van der Waals surface area contributed by atoms with E-state index >= 15 is 0 Å². The lowest BCUT2D eigenvalue weighted by atomic mass is 10.0. The van der Waals surface area contributed by atoms with Crippen LogP contribution in [0.4, 0.5) is 5.69 Å². The molecule has 1 saturated heterocycles. The van der Waals surface area contributed by atoms with Gasteiger partial charge in [0.25, 0.3) is 0 Å². The number of carbonyl (C=O) groups is 2. The number of benzene rings is 1. The van der Waals surface area contributed by atoms with Gasteiger partial charge in [0.15, 0.2) is 0 Å². The normalized spacial score (nSPS) is 19.9. The van der Waals surface area contributed by atoms with Gasteiger partial charge in [0.05, 0.1) is 15.7 Å². The van der Waals surface area contributed by atoms with Crippen LogP contribution in [-0.2, 0) is 9.59 Å². The molecule has 2 amide bonds. The predicted octanol–water partition coefficient (Wildman–Crippen LogP) is 2.88. The van der Waals surface area contributed by atoms with Crippen molar-refractivity contribution in [3.05, 3.63) is 28.2 Å². The third kappa shape index (κ3) is 3.25. The Balaban J connectivity index is 1.68.